The Morgan fingerprint density at radius 2 is 2.03 bits per heavy atom. The first-order chi connectivity index (χ1) is 15.7. The van der Waals surface area contributed by atoms with Crippen LogP contribution in [-0.2, 0) is 0 Å². The van der Waals surface area contributed by atoms with E-state index in [1.807, 2.05) is 36.4 Å². The highest BCUT2D eigenvalue weighted by Crippen LogP contribution is 2.28. The number of amides is 1. The number of rotatable bonds is 7. The van der Waals surface area contributed by atoms with Gasteiger partial charge in [0.2, 0.25) is 11.6 Å². The van der Waals surface area contributed by atoms with Gasteiger partial charge in [-0.15, -0.1) is 5.10 Å². The number of nitrogens with one attached hydrogen (secondary N) is 1. The average molecular weight is 430 g/mol. The van der Waals surface area contributed by atoms with Gasteiger partial charge in [-0.1, -0.05) is 53.8 Å². The van der Waals surface area contributed by atoms with Crippen molar-refractivity contribution in [3.63, 3.8) is 0 Å². The summed E-state index contributed by atoms with van der Waals surface area (Å²) in [6.07, 6.45) is 5.02. The maximum Gasteiger partial charge on any atom is 0.294 e. The molecule has 2 aromatic heterocycles. The van der Waals surface area contributed by atoms with Crippen molar-refractivity contribution in [2.24, 2.45) is 5.10 Å². The van der Waals surface area contributed by atoms with Crippen molar-refractivity contribution < 1.29 is 14.2 Å². The van der Waals surface area contributed by atoms with Crippen LogP contribution in [-0.4, -0.2) is 44.5 Å². The van der Waals surface area contributed by atoms with Crippen molar-refractivity contribution in [3.05, 3.63) is 71.9 Å². The van der Waals surface area contributed by atoms with Crippen LogP contribution in [0.15, 0.2) is 70.4 Å². The van der Waals surface area contributed by atoms with Crippen molar-refractivity contribution in [3.8, 4) is 22.8 Å². The largest absolute Gasteiger partial charge is 0.497 e. The van der Waals surface area contributed by atoms with E-state index in [4.69, 9.17) is 10.5 Å². The second kappa shape index (κ2) is 9.34. The van der Waals surface area contributed by atoms with Crippen molar-refractivity contribution in [2.75, 3.05) is 12.8 Å². The third-order valence-electron chi connectivity index (χ3n) is 4.34. The van der Waals surface area contributed by atoms with Gasteiger partial charge in [-0.05, 0) is 34.1 Å². The lowest BCUT2D eigenvalue weighted by atomic mass is 10.1. The third-order valence-corrected chi connectivity index (χ3v) is 4.34. The zero-order chi connectivity index (χ0) is 22.3. The highest BCUT2D eigenvalue weighted by atomic mass is 16.6. The molecule has 4 rings (SSSR count). The number of hydrogen-bond donors (Lipinski definition) is 2. The number of methoxy groups -OCH3 is 1. The predicted octanol–water partition coefficient (Wildman–Crippen LogP) is 2.34. The maximum absolute atomic E-state index is 12.8. The standard InChI is InChI=1S/C21H18N8O3/c1-31-16-11-5-10-15(13-16)18-17(24-28-29(18)20-19(22)26-32-27-20)21(30)25-23-12-6-9-14-7-3-2-4-8-14/h2-13H,1H3,(H2,22,26)(H,25,30). The lowest BCUT2D eigenvalue weighted by molar-refractivity contribution is 0.0950. The molecule has 0 atom stereocenters. The molecule has 0 bridgehead atoms. The van der Waals surface area contributed by atoms with E-state index in [1.165, 1.54) is 10.9 Å². The van der Waals surface area contributed by atoms with Crippen LogP contribution in [0.25, 0.3) is 23.2 Å². The number of nitrogen functional groups attached to an aromatic ring is 1. The molecule has 4 aromatic rings. The number of allylic oxidation sites excluding steroid dienone is 1. The van der Waals surface area contributed by atoms with Gasteiger partial charge in [0.15, 0.2) is 5.69 Å². The van der Waals surface area contributed by atoms with E-state index in [1.54, 1.807) is 37.5 Å². The number of hydrogen-bond acceptors (Lipinski definition) is 9. The monoisotopic (exact) mass is 430 g/mol. The molecular formula is C21H18N8O3. The van der Waals surface area contributed by atoms with E-state index in [-0.39, 0.29) is 17.3 Å². The number of carbonyl (C=O) groups excluding carboxylic acids is 1. The van der Waals surface area contributed by atoms with Gasteiger partial charge < -0.3 is 10.5 Å². The normalized spacial score (nSPS) is 11.3. The van der Waals surface area contributed by atoms with Gasteiger partial charge in [-0.3, -0.25) is 4.79 Å². The summed E-state index contributed by atoms with van der Waals surface area (Å²) in [5, 5.41) is 19.3. The number of aromatic nitrogens is 5. The van der Waals surface area contributed by atoms with Crippen LogP contribution >= 0.6 is 0 Å². The molecule has 32 heavy (non-hydrogen) atoms. The van der Waals surface area contributed by atoms with E-state index < -0.39 is 5.91 Å². The number of hydrazone groups is 1. The fourth-order valence-corrected chi connectivity index (χ4v) is 2.86. The van der Waals surface area contributed by atoms with Crippen LogP contribution in [0.5, 0.6) is 5.75 Å². The summed E-state index contributed by atoms with van der Waals surface area (Å²) in [5.74, 6) is 0.101. The highest BCUT2D eigenvalue weighted by molar-refractivity contribution is 5.98. The summed E-state index contributed by atoms with van der Waals surface area (Å²) < 4.78 is 11.2. The Hall–Kier alpha value is -4.80. The summed E-state index contributed by atoms with van der Waals surface area (Å²) in [5.41, 5.74) is 10.2. The van der Waals surface area contributed by atoms with E-state index in [9.17, 15) is 4.79 Å². The number of nitrogens with zero attached hydrogens (tertiary/aromatic N) is 6. The van der Waals surface area contributed by atoms with Crippen LogP contribution in [0.4, 0.5) is 5.82 Å². The number of ether oxygens (including phenoxy) is 1. The fraction of sp³-hybridized carbons (Fsp3) is 0.0476. The number of nitrogens with two attached hydrogens (primary N) is 1. The molecule has 2 aromatic carbocycles. The van der Waals surface area contributed by atoms with Gasteiger partial charge >= 0.3 is 0 Å². The molecule has 0 radical (unpaired) electrons. The molecule has 11 heteroatoms. The number of anilines is 1. The van der Waals surface area contributed by atoms with Gasteiger partial charge in [0.05, 0.1) is 7.11 Å². The summed E-state index contributed by atoms with van der Waals surface area (Å²) in [6.45, 7) is 0. The summed E-state index contributed by atoms with van der Waals surface area (Å²) in [6, 6.07) is 16.7. The van der Waals surface area contributed by atoms with Gasteiger partial charge in [-0.2, -0.15) is 9.78 Å². The van der Waals surface area contributed by atoms with Crippen molar-refractivity contribution in [1.82, 2.24) is 30.7 Å². The molecule has 160 valence electrons. The zero-order valence-corrected chi connectivity index (χ0v) is 16.9. The summed E-state index contributed by atoms with van der Waals surface area (Å²) in [7, 11) is 1.54. The molecular weight excluding hydrogens is 412 g/mol. The molecule has 1 amide bonds. The third kappa shape index (κ3) is 4.36. The Morgan fingerprint density at radius 1 is 1.19 bits per heavy atom. The minimum atomic E-state index is -0.576. The Labute approximate surface area is 182 Å². The number of benzene rings is 2. The molecule has 0 aliphatic heterocycles. The van der Waals surface area contributed by atoms with Crippen molar-refractivity contribution in [2.45, 2.75) is 0 Å². The summed E-state index contributed by atoms with van der Waals surface area (Å²) >= 11 is 0. The van der Waals surface area contributed by atoms with E-state index >= 15 is 0 Å². The molecule has 0 aliphatic carbocycles. The zero-order valence-electron chi connectivity index (χ0n) is 16.9. The molecule has 0 fully saturated rings. The quantitative estimate of drug-likeness (QED) is 0.335. The topological polar surface area (TPSA) is 146 Å². The molecule has 2 heterocycles. The molecule has 0 saturated carbocycles. The smallest absolute Gasteiger partial charge is 0.294 e. The molecule has 0 unspecified atom stereocenters. The molecule has 0 spiro atoms. The lowest BCUT2D eigenvalue weighted by Crippen LogP contribution is -2.19. The van der Waals surface area contributed by atoms with Crippen LogP contribution in [0.3, 0.4) is 0 Å². The van der Waals surface area contributed by atoms with Gasteiger partial charge in [0.1, 0.15) is 11.4 Å². The van der Waals surface area contributed by atoms with Crippen LogP contribution in [0.2, 0.25) is 0 Å². The Bertz CT molecular complexity index is 1280. The first-order valence-corrected chi connectivity index (χ1v) is 9.41. The minimum Gasteiger partial charge on any atom is -0.497 e. The average Bonchev–Trinajstić information content (AvgIpc) is 3.45. The van der Waals surface area contributed by atoms with E-state index in [2.05, 4.69) is 35.8 Å². The first-order valence-electron chi connectivity index (χ1n) is 9.41. The van der Waals surface area contributed by atoms with Gasteiger partial charge in [0.25, 0.3) is 5.91 Å². The van der Waals surface area contributed by atoms with Crippen molar-refractivity contribution in [1.29, 1.82) is 0 Å². The molecule has 11 nitrogen and oxygen atoms in total. The van der Waals surface area contributed by atoms with Gasteiger partial charge in [-0.25, -0.2) is 10.1 Å². The van der Waals surface area contributed by atoms with Crippen LogP contribution in [0.1, 0.15) is 16.1 Å². The predicted molar refractivity (Wildman–Crippen MR) is 117 cm³/mol. The SMILES string of the molecule is COc1cccc(-c2c(C(=O)NN=CC=Cc3ccccc3)nnn2-c2nonc2N)c1. The number of carbonyl (C=O) groups is 1. The molecule has 0 aliphatic rings. The second-order valence-electron chi connectivity index (χ2n) is 6.39. The summed E-state index contributed by atoms with van der Waals surface area (Å²) in [4.78, 5) is 12.8. The van der Waals surface area contributed by atoms with E-state index in [0.717, 1.165) is 5.56 Å². The Balaban J connectivity index is 1.62. The van der Waals surface area contributed by atoms with Crippen molar-refractivity contribution >= 4 is 24.0 Å². The maximum atomic E-state index is 12.8. The van der Waals surface area contributed by atoms with Crippen LogP contribution in [0, 0.1) is 0 Å². The molecule has 3 N–H and O–H groups in total. The Kier molecular flexibility index (Phi) is 5.98. The first kappa shape index (κ1) is 20.5. The minimum absolute atomic E-state index is 0.00448. The van der Waals surface area contributed by atoms with E-state index in [0.29, 0.717) is 17.0 Å². The highest BCUT2D eigenvalue weighted by Gasteiger charge is 2.25. The van der Waals surface area contributed by atoms with Crippen LogP contribution < -0.4 is 15.9 Å². The second-order valence-corrected chi connectivity index (χ2v) is 6.39. The lowest BCUT2D eigenvalue weighted by Gasteiger charge is -2.07. The molecule has 0 saturated heterocycles. The Morgan fingerprint density at radius 3 is 2.78 bits per heavy atom. The fourth-order valence-electron chi connectivity index (χ4n) is 2.86. The van der Waals surface area contributed by atoms with Gasteiger partial charge in [0, 0.05) is 11.8 Å².